The SMILES string of the molecule is COc1cc(N2CCOCC2)ccc1Nc1ncc(C(F)(F)F)c(Nc2sccc2C(=O)OC(N)=O)n1. The highest BCUT2D eigenvalue weighted by Crippen LogP contribution is 2.38. The van der Waals surface area contributed by atoms with Crippen molar-refractivity contribution in [1.29, 1.82) is 0 Å². The van der Waals surface area contributed by atoms with E-state index in [2.05, 4.69) is 30.2 Å². The molecule has 1 fully saturated rings. The molecule has 15 heteroatoms. The average Bonchev–Trinajstić information content (AvgIpc) is 3.32. The van der Waals surface area contributed by atoms with Crippen LogP contribution in [0.2, 0.25) is 0 Å². The van der Waals surface area contributed by atoms with Crippen molar-refractivity contribution in [2.24, 2.45) is 5.73 Å². The van der Waals surface area contributed by atoms with Crippen molar-refractivity contribution in [2.75, 3.05) is 48.9 Å². The first-order chi connectivity index (χ1) is 17.7. The molecular weight excluding hydrogens is 517 g/mol. The minimum atomic E-state index is -4.80. The van der Waals surface area contributed by atoms with E-state index < -0.39 is 29.6 Å². The van der Waals surface area contributed by atoms with Crippen LogP contribution >= 0.6 is 11.3 Å². The van der Waals surface area contributed by atoms with Gasteiger partial charge >= 0.3 is 18.2 Å². The van der Waals surface area contributed by atoms with Gasteiger partial charge in [0.1, 0.15) is 22.1 Å². The van der Waals surface area contributed by atoms with Gasteiger partial charge in [0, 0.05) is 31.0 Å². The second kappa shape index (κ2) is 10.9. The Morgan fingerprint density at radius 1 is 1.19 bits per heavy atom. The third-order valence-corrected chi connectivity index (χ3v) is 6.04. The molecule has 1 amide bonds. The smallest absolute Gasteiger partial charge is 0.421 e. The molecular formula is C22H21F3N6O5S. The van der Waals surface area contributed by atoms with Gasteiger partial charge in [0.25, 0.3) is 0 Å². The Labute approximate surface area is 212 Å². The quantitative estimate of drug-likeness (QED) is 0.297. The van der Waals surface area contributed by atoms with Crippen LogP contribution in [0.5, 0.6) is 5.75 Å². The van der Waals surface area contributed by atoms with E-state index in [-0.39, 0.29) is 16.5 Å². The number of nitrogens with one attached hydrogen (secondary N) is 2. The molecule has 0 saturated carbocycles. The molecule has 0 spiro atoms. The highest BCUT2D eigenvalue weighted by atomic mass is 32.1. The fourth-order valence-corrected chi connectivity index (χ4v) is 4.26. The van der Waals surface area contributed by atoms with Gasteiger partial charge in [-0.2, -0.15) is 18.2 Å². The third-order valence-electron chi connectivity index (χ3n) is 5.21. The van der Waals surface area contributed by atoms with E-state index in [1.807, 2.05) is 6.07 Å². The number of aromatic nitrogens is 2. The van der Waals surface area contributed by atoms with E-state index in [9.17, 15) is 22.8 Å². The Bertz CT molecular complexity index is 1300. The lowest BCUT2D eigenvalue weighted by Gasteiger charge is -2.29. The average molecular weight is 539 g/mol. The molecule has 1 aromatic carbocycles. The fraction of sp³-hybridized carbons (Fsp3) is 0.273. The van der Waals surface area contributed by atoms with Gasteiger partial charge in [-0.05, 0) is 23.6 Å². The van der Waals surface area contributed by atoms with Crippen LogP contribution < -0.4 is 26.0 Å². The van der Waals surface area contributed by atoms with Gasteiger partial charge in [-0.3, -0.25) is 0 Å². The maximum Gasteiger partial charge on any atom is 0.421 e. The Balaban J connectivity index is 1.63. The molecule has 1 saturated heterocycles. The Morgan fingerprint density at radius 3 is 2.62 bits per heavy atom. The minimum absolute atomic E-state index is 0.0335. The number of anilines is 5. The van der Waals surface area contributed by atoms with Crippen molar-refractivity contribution < 1.29 is 37.0 Å². The summed E-state index contributed by atoms with van der Waals surface area (Å²) in [6, 6.07) is 6.60. The van der Waals surface area contributed by atoms with Crippen LogP contribution in [-0.2, 0) is 15.7 Å². The van der Waals surface area contributed by atoms with Crippen LogP contribution in [0.1, 0.15) is 15.9 Å². The standard InChI is InChI=1S/C22H21F3N6O5S/c1-34-16-10-12(31-5-7-35-8-6-31)2-3-15(16)28-21-27-11-14(22(23,24)25)17(30-21)29-18-13(4-9-37-18)19(32)36-20(26)33/h2-4,9-11H,5-8H2,1H3,(H2,26,33)(H2,27,28,29,30). The van der Waals surface area contributed by atoms with Crippen LogP contribution in [0.3, 0.4) is 0 Å². The van der Waals surface area contributed by atoms with Crippen molar-refractivity contribution in [3.8, 4) is 5.75 Å². The second-order valence-electron chi connectivity index (χ2n) is 7.56. The normalized spacial score (nSPS) is 13.7. The molecule has 4 rings (SSSR count). The monoisotopic (exact) mass is 538 g/mol. The number of esters is 1. The number of morpholine rings is 1. The predicted octanol–water partition coefficient (Wildman–Crippen LogP) is 4.12. The van der Waals surface area contributed by atoms with Crippen LogP contribution in [0.25, 0.3) is 0 Å². The summed E-state index contributed by atoms with van der Waals surface area (Å²) in [6.45, 7) is 2.63. The zero-order valence-electron chi connectivity index (χ0n) is 19.3. The van der Waals surface area contributed by atoms with Gasteiger partial charge in [-0.25, -0.2) is 14.6 Å². The van der Waals surface area contributed by atoms with Gasteiger partial charge in [0.15, 0.2) is 0 Å². The highest BCUT2D eigenvalue weighted by Gasteiger charge is 2.36. The molecule has 3 aromatic rings. The summed E-state index contributed by atoms with van der Waals surface area (Å²) in [5.41, 5.74) is 4.82. The molecule has 4 N–H and O–H groups in total. The van der Waals surface area contributed by atoms with Crippen LogP contribution in [0.4, 0.5) is 46.1 Å². The molecule has 1 aliphatic heterocycles. The Morgan fingerprint density at radius 2 is 1.95 bits per heavy atom. The second-order valence-corrected chi connectivity index (χ2v) is 8.48. The first-order valence-electron chi connectivity index (χ1n) is 10.7. The van der Waals surface area contributed by atoms with E-state index in [1.165, 1.54) is 18.6 Å². The van der Waals surface area contributed by atoms with Crippen LogP contribution in [-0.4, -0.2) is 55.4 Å². The summed E-state index contributed by atoms with van der Waals surface area (Å²) in [6.07, 6.45) is -5.54. The molecule has 0 unspecified atom stereocenters. The van der Waals surface area contributed by atoms with E-state index in [1.54, 1.807) is 12.1 Å². The molecule has 37 heavy (non-hydrogen) atoms. The molecule has 11 nitrogen and oxygen atoms in total. The molecule has 1 aliphatic rings. The number of nitrogens with two attached hydrogens (primary N) is 1. The zero-order chi connectivity index (χ0) is 26.6. The summed E-state index contributed by atoms with van der Waals surface area (Å²) in [5.74, 6) is -1.48. The molecule has 3 heterocycles. The number of hydrogen-bond donors (Lipinski definition) is 3. The molecule has 0 aliphatic carbocycles. The summed E-state index contributed by atoms with van der Waals surface area (Å²) >= 11 is 0.904. The maximum atomic E-state index is 13.7. The van der Waals surface area contributed by atoms with Crippen molar-refractivity contribution in [1.82, 2.24) is 9.97 Å². The molecule has 0 bridgehead atoms. The highest BCUT2D eigenvalue weighted by molar-refractivity contribution is 7.14. The summed E-state index contributed by atoms with van der Waals surface area (Å²) in [5, 5.41) is 6.75. The number of thiophene rings is 1. The Hall–Kier alpha value is -4.11. The number of rotatable bonds is 7. The number of benzene rings is 1. The number of amides is 1. The number of primary amides is 1. The van der Waals surface area contributed by atoms with Crippen molar-refractivity contribution >= 4 is 51.5 Å². The topological polar surface area (TPSA) is 141 Å². The van der Waals surface area contributed by atoms with Gasteiger partial charge in [0.05, 0.1) is 31.6 Å². The van der Waals surface area contributed by atoms with Gasteiger partial charge in [-0.1, -0.05) is 0 Å². The first-order valence-corrected chi connectivity index (χ1v) is 11.6. The fourth-order valence-electron chi connectivity index (χ4n) is 3.49. The van der Waals surface area contributed by atoms with E-state index >= 15 is 0 Å². The minimum Gasteiger partial charge on any atom is -0.494 e. The predicted molar refractivity (Wildman–Crippen MR) is 129 cm³/mol. The van der Waals surface area contributed by atoms with Crippen molar-refractivity contribution in [2.45, 2.75) is 6.18 Å². The largest absolute Gasteiger partial charge is 0.494 e. The van der Waals surface area contributed by atoms with E-state index in [0.717, 1.165) is 17.0 Å². The first kappa shape index (κ1) is 26.0. The van der Waals surface area contributed by atoms with Crippen molar-refractivity contribution in [3.63, 3.8) is 0 Å². The lowest BCUT2D eigenvalue weighted by molar-refractivity contribution is -0.137. The third kappa shape index (κ3) is 6.18. The number of halogens is 3. The molecule has 2 aromatic heterocycles. The number of nitrogens with zero attached hydrogens (tertiary/aromatic N) is 3. The number of carbonyl (C=O) groups is 2. The van der Waals surface area contributed by atoms with E-state index in [4.69, 9.17) is 15.2 Å². The maximum absolute atomic E-state index is 13.7. The lowest BCUT2D eigenvalue weighted by atomic mass is 10.2. The molecule has 0 radical (unpaired) electrons. The van der Waals surface area contributed by atoms with Gasteiger partial charge in [0.2, 0.25) is 5.95 Å². The zero-order valence-corrected chi connectivity index (χ0v) is 20.1. The summed E-state index contributed by atoms with van der Waals surface area (Å²) in [7, 11) is 1.47. The van der Waals surface area contributed by atoms with Crippen molar-refractivity contribution in [3.05, 3.63) is 47.0 Å². The number of hydrogen-bond acceptors (Lipinski definition) is 11. The molecule has 0 atom stereocenters. The number of carbonyl (C=O) groups excluding carboxylic acids is 2. The summed E-state index contributed by atoms with van der Waals surface area (Å²) in [4.78, 5) is 32.9. The number of methoxy groups -OCH3 is 1. The lowest BCUT2D eigenvalue weighted by Crippen LogP contribution is -2.36. The number of alkyl halides is 3. The van der Waals surface area contributed by atoms with E-state index in [0.29, 0.717) is 43.9 Å². The van der Waals surface area contributed by atoms with Crippen LogP contribution in [0, 0.1) is 0 Å². The Kier molecular flexibility index (Phi) is 7.63. The van der Waals surface area contributed by atoms with Crippen LogP contribution in [0.15, 0.2) is 35.8 Å². The summed E-state index contributed by atoms with van der Waals surface area (Å²) < 4.78 is 56.2. The van der Waals surface area contributed by atoms with Gasteiger partial charge < -0.3 is 35.5 Å². The van der Waals surface area contributed by atoms with Gasteiger partial charge in [-0.15, -0.1) is 11.3 Å². The number of ether oxygens (including phenoxy) is 3. The molecule has 196 valence electrons.